The van der Waals surface area contributed by atoms with Gasteiger partial charge in [-0.2, -0.15) is 0 Å². The summed E-state index contributed by atoms with van der Waals surface area (Å²) < 4.78 is 12.7. The first-order chi connectivity index (χ1) is 10.1. The molecule has 2 rings (SSSR count). The van der Waals surface area contributed by atoms with Gasteiger partial charge < -0.3 is 14.8 Å². The molecule has 1 atom stereocenters. The van der Waals surface area contributed by atoms with Gasteiger partial charge in [0.15, 0.2) is 0 Å². The molecule has 0 aromatic heterocycles. The third-order valence-electron chi connectivity index (χ3n) is 3.30. The van der Waals surface area contributed by atoms with E-state index in [0.29, 0.717) is 0 Å². The summed E-state index contributed by atoms with van der Waals surface area (Å²) in [6, 6.07) is 12.1. The van der Waals surface area contributed by atoms with Gasteiger partial charge in [0, 0.05) is 10.0 Å². The molecule has 0 bridgehead atoms. The summed E-state index contributed by atoms with van der Waals surface area (Å²) >= 11 is 7.00. The van der Waals surface area contributed by atoms with E-state index in [1.54, 1.807) is 14.2 Å². The topological polar surface area (TPSA) is 30.5 Å². The highest BCUT2D eigenvalue weighted by molar-refractivity contribution is 9.10. The highest BCUT2D eigenvalue weighted by Gasteiger charge is 2.18. The van der Waals surface area contributed by atoms with Crippen molar-refractivity contribution in [1.29, 1.82) is 0 Å². The summed E-state index contributed by atoms with van der Waals surface area (Å²) in [6.07, 6.45) is 0. The first kappa shape index (κ1) is 16.3. The molecule has 0 amide bonds. The lowest BCUT2D eigenvalue weighted by molar-refractivity contribution is 0.404. The zero-order chi connectivity index (χ0) is 15.4. The van der Waals surface area contributed by atoms with Crippen molar-refractivity contribution in [3.63, 3.8) is 0 Å². The Morgan fingerprint density at radius 2 is 1.67 bits per heavy atom. The van der Waals surface area contributed by atoms with Crippen molar-refractivity contribution in [3.8, 4) is 11.5 Å². The molecule has 3 nitrogen and oxygen atoms in total. The highest BCUT2D eigenvalue weighted by Crippen LogP contribution is 2.35. The van der Waals surface area contributed by atoms with Gasteiger partial charge in [-0.1, -0.05) is 28.1 Å². The van der Waals surface area contributed by atoms with E-state index in [9.17, 15) is 0 Å². The molecule has 0 heterocycles. The molecule has 0 aliphatic heterocycles. The van der Waals surface area contributed by atoms with E-state index < -0.39 is 0 Å². The molecule has 2 aromatic rings. The summed E-state index contributed by atoms with van der Waals surface area (Å²) in [4.78, 5) is 0. The quantitative estimate of drug-likeness (QED) is 0.779. The van der Waals surface area contributed by atoms with Gasteiger partial charge in [-0.05, 0) is 52.8 Å². The fourth-order valence-electron chi connectivity index (χ4n) is 2.29. The molecule has 0 spiro atoms. The SMILES string of the molecule is CNC(c1ccc(OC)c(Br)c1)c1ccc(Br)cc1OC. The lowest BCUT2D eigenvalue weighted by Crippen LogP contribution is -2.18. The largest absolute Gasteiger partial charge is 0.496 e. The van der Waals surface area contributed by atoms with E-state index >= 15 is 0 Å². The fourth-order valence-corrected chi connectivity index (χ4v) is 3.19. The monoisotopic (exact) mass is 413 g/mol. The van der Waals surface area contributed by atoms with Crippen molar-refractivity contribution in [1.82, 2.24) is 5.32 Å². The molecule has 0 fully saturated rings. The van der Waals surface area contributed by atoms with Gasteiger partial charge in [0.25, 0.3) is 0 Å². The molecule has 0 aliphatic rings. The van der Waals surface area contributed by atoms with Crippen LogP contribution in [0.4, 0.5) is 0 Å². The molecule has 0 saturated heterocycles. The van der Waals surface area contributed by atoms with Crippen molar-refractivity contribution in [2.75, 3.05) is 21.3 Å². The summed E-state index contributed by atoms with van der Waals surface area (Å²) in [6.45, 7) is 0. The average molecular weight is 415 g/mol. The number of rotatable bonds is 5. The van der Waals surface area contributed by atoms with Crippen LogP contribution < -0.4 is 14.8 Å². The van der Waals surface area contributed by atoms with Crippen molar-refractivity contribution in [3.05, 3.63) is 56.5 Å². The second-order valence-electron chi connectivity index (χ2n) is 4.50. The van der Waals surface area contributed by atoms with Crippen LogP contribution in [0.3, 0.4) is 0 Å². The first-order valence-electron chi connectivity index (χ1n) is 6.44. The Hall–Kier alpha value is -1.04. The van der Waals surface area contributed by atoms with Crippen LogP contribution in [-0.2, 0) is 0 Å². The van der Waals surface area contributed by atoms with Crippen molar-refractivity contribution in [2.24, 2.45) is 0 Å². The smallest absolute Gasteiger partial charge is 0.133 e. The molecule has 112 valence electrons. The van der Waals surface area contributed by atoms with Gasteiger partial charge in [0.1, 0.15) is 11.5 Å². The Bertz CT molecular complexity index is 632. The molecular formula is C16H17Br2NO2. The Balaban J connectivity index is 2.46. The van der Waals surface area contributed by atoms with E-state index in [-0.39, 0.29) is 6.04 Å². The number of benzene rings is 2. The van der Waals surface area contributed by atoms with Gasteiger partial charge in [-0.15, -0.1) is 0 Å². The van der Waals surface area contributed by atoms with Crippen LogP contribution in [0.1, 0.15) is 17.2 Å². The van der Waals surface area contributed by atoms with Crippen LogP contribution in [0.15, 0.2) is 45.3 Å². The summed E-state index contributed by atoms with van der Waals surface area (Å²) in [5.41, 5.74) is 2.21. The molecule has 2 aromatic carbocycles. The zero-order valence-corrected chi connectivity index (χ0v) is 15.3. The lowest BCUT2D eigenvalue weighted by Gasteiger charge is -2.21. The van der Waals surface area contributed by atoms with Crippen molar-refractivity contribution >= 4 is 31.9 Å². The number of halogens is 2. The van der Waals surface area contributed by atoms with E-state index in [1.807, 2.05) is 31.3 Å². The minimum atomic E-state index is 0.0373. The van der Waals surface area contributed by atoms with E-state index in [0.717, 1.165) is 31.6 Å². The van der Waals surface area contributed by atoms with E-state index in [2.05, 4.69) is 49.3 Å². The van der Waals surface area contributed by atoms with Gasteiger partial charge in [-0.3, -0.25) is 0 Å². The molecular weight excluding hydrogens is 398 g/mol. The predicted octanol–water partition coefficient (Wildman–Crippen LogP) is 4.54. The average Bonchev–Trinajstić information content (AvgIpc) is 2.49. The zero-order valence-electron chi connectivity index (χ0n) is 12.1. The Kier molecular flexibility index (Phi) is 5.67. The number of ether oxygens (including phenoxy) is 2. The van der Waals surface area contributed by atoms with Crippen LogP contribution in [0.25, 0.3) is 0 Å². The standard InChI is InChI=1S/C16H17Br2NO2/c1-19-16(10-4-7-14(20-2)13(18)8-10)12-6-5-11(17)9-15(12)21-3/h4-9,16,19H,1-3H3. The van der Waals surface area contributed by atoms with Crippen LogP contribution in [0.2, 0.25) is 0 Å². The maximum absolute atomic E-state index is 5.50. The van der Waals surface area contributed by atoms with Crippen LogP contribution in [0.5, 0.6) is 11.5 Å². The molecule has 0 aliphatic carbocycles. The van der Waals surface area contributed by atoms with Gasteiger partial charge in [0.2, 0.25) is 0 Å². The number of methoxy groups -OCH3 is 2. The van der Waals surface area contributed by atoms with Gasteiger partial charge in [-0.25, -0.2) is 0 Å². The molecule has 5 heteroatoms. The van der Waals surface area contributed by atoms with Crippen molar-refractivity contribution in [2.45, 2.75) is 6.04 Å². The second kappa shape index (κ2) is 7.29. The van der Waals surface area contributed by atoms with Crippen LogP contribution >= 0.6 is 31.9 Å². The normalized spacial score (nSPS) is 12.0. The summed E-state index contributed by atoms with van der Waals surface area (Å²) in [5, 5.41) is 3.34. The minimum absolute atomic E-state index is 0.0373. The third-order valence-corrected chi connectivity index (χ3v) is 4.42. The van der Waals surface area contributed by atoms with Crippen LogP contribution in [-0.4, -0.2) is 21.3 Å². The van der Waals surface area contributed by atoms with Gasteiger partial charge in [0.05, 0.1) is 24.7 Å². The molecule has 1 N–H and O–H groups in total. The van der Waals surface area contributed by atoms with E-state index in [1.165, 1.54) is 0 Å². The van der Waals surface area contributed by atoms with E-state index in [4.69, 9.17) is 9.47 Å². The third kappa shape index (κ3) is 3.59. The molecule has 21 heavy (non-hydrogen) atoms. The second-order valence-corrected chi connectivity index (χ2v) is 6.27. The van der Waals surface area contributed by atoms with Gasteiger partial charge >= 0.3 is 0 Å². The number of nitrogens with one attached hydrogen (secondary N) is 1. The number of hydrogen-bond donors (Lipinski definition) is 1. The summed E-state index contributed by atoms with van der Waals surface area (Å²) in [5.74, 6) is 1.66. The Labute approximate surface area is 141 Å². The lowest BCUT2D eigenvalue weighted by atomic mass is 9.98. The Morgan fingerprint density at radius 1 is 0.952 bits per heavy atom. The maximum Gasteiger partial charge on any atom is 0.133 e. The molecule has 1 unspecified atom stereocenters. The molecule has 0 radical (unpaired) electrons. The minimum Gasteiger partial charge on any atom is -0.496 e. The predicted molar refractivity (Wildman–Crippen MR) is 92.3 cm³/mol. The summed E-state index contributed by atoms with van der Waals surface area (Å²) in [7, 11) is 5.28. The maximum atomic E-state index is 5.50. The van der Waals surface area contributed by atoms with Crippen molar-refractivity contribution < 1.29 is 9.47 Å². The first-order valence-corrected chi connectivity index (χ1v) is 8.03. The number of hydrogen-bond acceptors (Lipinski definition) is 3. The van der Waals surface area contributed by atoms with Crippen LogP contribution in [0, 0.1) is 0 Å². The molecule has 0 saturated carbocycles. The highest BCUT2D eigenvalue weighted by atomic mass is 79.9. The fraction of sp³-hybridized carbons (Fsp3) is 0.250. The Morgan fingerprint density at radius 3 is 2.24 bits per heavy atom.